The van der Waals surface area contributed by atoms with Crippen molar-refractivity contribution in [2.75, 3.05) is 5.73 Å². The quantitative estimate of drug-likeness (QED) is 0.474. The van der Waals surface area contributed by atoms with E-state index in [0.29, 0.717) is 18.0 Å². The Balaban J connectivity index is 1.52. The van der Waals surface area contributed by atoms with Gasteiger partial charge in [0.2, 0.25) is 0 Å². The third-order valence-electron chi connectivity index (χ3n) is 4.65. The number of H-pyrrole nitrogens is 1. The Labute approximate surface area is 166 Å². The van der Waals surface area contributed by atoms with Crippen LogP contribution in [0, 0.1) is 0 Å². The number of fused-ring (bicyclic) bond motifs is 1. The molecule has 7 heteroatoms. The van der Waals surface area contributed by atoms with Crippen LogP contribution in [0.5, 0.6) is 11.5 Å². The van der Waals surface area contributed by atoms with Crippen molar-refractivity contribution < 1.29 is 4.74 Å². The number of nitrogens with one attached hydrogen (secondary N) is 1. The highest BCUT2D eigenvalue weighted by atomic mass is 16.5. The lowest BCUT2D eigenvalue weighted by molar-refractivity contribution is 0.483. The molecule has 0 unspecified atom stereocenters. The second kappa shape index (κ2) is 7.12. The molecule has 29 heavy (non-hydrogen) atoms. The first-order valence-corrected chi connectivity index (χ1v) is 9.20. The van der Waals surface area contributed by atoms with Crippen molar-refractivity contribution in [3.05, 3.63) is 84.9 Å². The van der Waals surface area contributed by atoms with E-state index in [-0.39, 0.29) is 0 Å². The number of hydrogen-bond acceptors (Lipinski definition) is 5. The Morgan fingerprint density at radius 3 is 2.45 bits per heavy atom. The lowest BCUT2D eigenvalue weighted by Gasteiger charge is -2.06. The average Bonchev–Trinajstić information content (AvgIpc) is 3.39. The normalized spacial score (nSPS) is 11.0. The van der Waals surface area contributed by atoms with Gasteiger partial charge in [-0.15, -0.1) is 0 Å². The van der Waals surface area contributed by atoms with Crippen LogP contribution < -0.4 is 10.5 Å². The molecule has 0 atom stereocenters. The second-order valence-corrected chi connectivity index (χ2v) is 6.60. The third kappa shape index (κ3) is 3.29. The van der Waals surface area contributed by atoms with Gasteiger partial charge in [-0.1, -0.05) is 18.2 Å². The van der Waals surface area contributed by atoms with Crippen molar-refractivity contribution >= 4 is 16.9 Å². The van der Waals surface area contributed by atoms with Gasteiger partial charge in [-0.05, 0) is 48.5 Å². The van der Waals surface area contributed by atoms with Gasteiger partial charge in [0.1, 0.15) is 29.3 Å². The summed E-state index contributed by atoms with van der Waals surface area (Å²) in [6.07, 6.45) is 3.35. The first-order chi connectivity index (χ1) is 14.3. The van der Waals surface area contributed by atoms with Crippen LogP contribution >= 0.6 is 0 Å². The summed E-state index contributed by atoms with van der Waals surface area (Å²) in [5, 5.41) is 5.53. The van der Waals surface area contributed by atoms with E-state index in [1.165, 1.54) is 6.33 Å². The summed E-state index contributed by atoms with van der Waals surface area (Å²) in [6.45, 7) is 0.565. The topological polar surface area (TPSA) is 94.6 Å². The Morgan fingerprint density at radius 2 is 1.69 bits per heavy atom. The number of ether oxygens (including phenoxy) is 1. The molecule has 0 bridgehead atoms. The maximum Gasteiger partial charge on any atom is 0.164 e. The summed E-state index contributed by atoms with van der Waals surface area (Å²) < 4.78 is 7.71. The van der Waals surface area contributed by atoms with Crippen molar-refractivity contribution in [1.29, 1.82) is 0 Å². The van der Waals surface area contributed by atoms with Gasteiger partial charge in [0.15, 0.2) is 5.65 Å². The highest BCUT2D eigenvalue weighted by molar-refractivity contribution is 5.98. The Kier molecular flexibility index (Phi) is 4.18. The molecule has 142 valence electrons. The number of aromatic amines is 1. The summed E-state index contributed by atoms with van der Waals surface area (Å²) >= 11 is 0. The van der Waals surface area contributed by atoms with Gasteiger partial charge in [0, 0.05) is 17.5 Å². The number of benzene rings is 2. The maximum atomic E-state index is 6.18. The molecule has 0 fully saturated rings. The molecule has 7 nitrogen and oxygen atoms in total. The number of para-hydroxylation sites is 1. The molecular weight excluding hydrogens is 364 g/mol. The first kappa shape index (κ1) is 17.0. The van der Waals surface area contributed by atoms with Gasteiger partial charge in [0.05, 0.1) is 11.9 Å². The Bertz CT molecular complexity index is 1240. The summed E-state index contributed by atoms with van der Waals surface area (Å²) in [6, 6.07) is 21.4. The minimum absolute atomic E-state index is 0.410. The SMILES string of the molecule is Nc1ncnc2c1c(-c1ccc(Oc3ccccc3)cc1)nn2Cc1ccc[nH]1. The molecule has 0 spiro atoms. The van der Waals surface area contributed by atoms with E-state index in [1.807, 2.05) is 77.6 Å². The smallest absolute Gasteiger partial charge is 0.164 e. The van der Waals surface area contributed by atoms with Gasteiger partial charge in [-0.25, -0.2) is 14.6 Å². The summed E-state index contributed by atoms with van der Waals surface area (Å²) in [4.78, 5) is 11.8. The van der Waals surface area contributed by atoms with Gasteiger partial charge in [0.25, 0.3) is 0 Å². The monoisotopic (exact) mass is 382 g/mol. The van der Waals surface area contributed by atoms with Crippen LogP contribution in [0.4, 0.5) is 5.82 Å². The number of hydrogen-bond donors (Lipinski definition) is 2. The van der Waals surface area contributed by atoms with Crippen LogP contribution in [0.25, 0.3) is 22.3 Å². The number of nitrogens with zero attached hydrogens (tertiary/aromatic N) is 4. The van der Waals surface area contributed by atoms with Crippen molar-refractivity contribution in [3.63, 3.8) is 0 Å². The summed E-state index contributed by atoms with van der Waals surface area (Å²) in [7, 11) is 0. The van der Waals surface area contributed by atoms with E-state index in [9.17, 15) is 0 Å². The minimum atomic E-state index is 0.410. The molecule has 3 heterocycles. The standard InChI is InChI=1S/C22H18N6O/c23-21-19-20(15-8-10-18(11-9-15)29-17-6-2-1-3-7-17)27-28(22(19)26-14-25-21)13-16-5-4-12-24-16/h1-12,14,24H,13H2,(H2,23,25,26). The van der Waals surface area contributed by atoms with Crippen molar-refractivity contribution in [3.8, 4) is 22.8 Å². The Morgan fingerprint density at radius 1 is 0.897 bits per heavy atom. The first-order valence-electron chi connectivity index (χ1n) is 9.20. The number of nitrogens with two attached hydrogens (primary N) is 1. The Hall–Kier alpha value is -4.13. The van der Waals surface area contributed by atoms with Crippen LogP contribution in [0.3, 0.4) is 0 Å². The molecule has 3 N–H and O–H groups in total. The summed E-state index contributed by atoms with van der Waals surface area (Å²) in [5.41, 5.74) is 9.57. The molecule has 0 saturated carbocycles. The van der Waals surface area contributed by atoms with Crippen molar-refractivity contribution in [2.45, 2.75) is 6.54 Å². The lowest BCUT2D eigenvalue weighted by atomic mass is 10.1. The van der Waals surface area contributed by atoms with E-state index in [1.54, 1.807) is 0 Å². The number of anilines is 1. The fourth-order valence-electron chi connectivity index (χ4n) is 3.28. The molecule has 3 aromatic heterocycles. The molecule has 0 radical (unpaired) electrons. The predicted molar refractivity (Wildman–Crippen MR) is 112 cm³/mol. The van der Waals surface area contributed by atoms with Crippen molar-refractivity contribution in [2.24, 2.45) is 0 Å². The van der Waals surface area contributed by atoms with Crippen molar-refractivity contribution in [1.82, 2.24) is 24.7 Å². The molecule has 0 aliphatic carbocycles. The highest BCUT2D eigenvalue weighted by Crippen LogP contribution is 2.32. The number of rotatable bonds is 5. The molecular formula is C22H18N6O. The van der Waals surface area contributed by atoms with E-state index in [2.05, 4.69) is 15.0 Å². The predicted octanol–water partition coefficient (Wildman–Crippen LogP) is 4.24. The zero-order valence-corrected chi connectivity index (χ0v) is 15.5. The largest absolute Gasteiger partial charge is 0.457 e. The number of aromatic nitrogens is 5. The molecule has 5 rings (SSSR count). The lowest BCUT2D eigenvalue weighted by Crippen LogP contribution is -2.03. The molecule has 2 aromatic carbocycles. The van der Waals surface area contributed by atoms with Gasteiger partial charge >= 0.3 is 0 Å². The fourth-order valence-corrected chi connectivity index (χ4v) is 3.28. The zero-order valence-electron chi connectivity index (χ0n) is 15.5. The second-order valence-electron chi connectivity index (χ2n) is 6.60. The van der Waals surface area contributed by atoms with Crippen LogP contribution in [0.1, 0.15) is 5.69 Å². The van der Waals surface area contributed by atoms with E-state index in [0.717, 1.165) is 33.8 Å². The zero-order chi connectivity index (χ0) is 19.6. The van der Waals surface area contributed by atoms with Crippen LogP contribution in [0.2, 0.25) is 0 Å². The molecule has 0 aliphatic heterocycles. The highest BCUT2D eigenvalue weighted by Gasteiger charge is 2.17. The third-order valence-corrected chi connectivity index (χ3v) is 4.65. The molecule has 0 saturated heterocycles. The minimum Gasteiger partial charge on any atom is -0.457 e. The van der Waals surface area contributed by atoms with Crippen LogP contribution in [0.15, 0.2) is 79.3 Å². The van der Waals surface area contributed by atoms with Gasteiger partial charge in [-0.2, -0.15) is 5.10 Å². The van der Waals surface area contributed by atoms with E-state index < -0.39 is 0 Å². The molecule has 0 aliphatic rings. The van der Waals surface area contributed by atoms with Crippen LogP contribution in [-0.2, 0) is 6.54 Å². The van der Waals surface area contributed by atoms with E-state index >= 15 is 0 Å². The molecule has 0 amide bonds. The van der Waals surface area contributed by atoms with Gasteiger partial charge in [-0.3, -0.25) is 0 Å². The summed E-state index contributed by atoms with van der Waals surface area (Å²) in [5.74, 6) is 1.95. The average molecular weight is 382 g/mol. The van der Waals surface area contributed by atoms with E-state index in [4.69, 9.17) is 15.6 Å². The number of nitrogen functional groups attached to an aromatic ring is 1. The van der Waals surface area contributed by atoms with Crippen LogP contribution in [-0.4, -0.2) is 24.7 Å². The maximum absolute atomic E-state index is 6.18. The fraction of sp³-hybridized carbons (Fsp3) is 0.0455. The van der Waals surface area contributed by atoms with Gasteiger partial charge < -0.3 is 15.5 Å². The molecule has 5 aromatic rings.